The second-order valence-electron chi connectivity index (χ2n) is 6.98. The molecular weight excluding hydrogens is 360 g/mol. The molecule has 1 saturated heterocycles. The van der Waals surface area contributed by atoms with Crippen LogP contribution < -0.4 is 5.32 Å². The van der Waals surface area contributed by atoms with Gasteiger partial charge in [0.1, 0.15) is 5.69 Å². The summed E-state index contributed by atoms with van der Waals surface area (Å²) in [7, 11) is 1.84. The molecule has 5 nitrogen and oxygen atoms in total. The van der Waals surface area contributed by atoms with Crippen molar-refractivity contribution in [3.05, 3.63) is 66.0 Å². The van der Waals surface area contributed by atoms with E-state index in [0.717, 1.165) is 31.5 Å². The van der Waals surface area contributed by atoms with Crippen molar-refractivity contribution in [2.24, 2.45) is 0 Å². The van der Waals surface area contributed by atoms with Gasteiger partial charge in [-0.25, -0.2) is 0 Å². The highest BCUT2D eigenvalue weighted by Crippen LogP contribution is 2.21. The molecule has 1 fully saturated rings. The second kappa shape index (κ2) is 8.55. The van der Waals surface area contributed by atoms with Crippen molar-refractivity contribution in [2.75, 3.05) is 20.1 Å². The van der Waals surface area contributed by atoms with Crippen LogP contribution in [0.4, 0.5) is 0 Å². The third kappa shape index (κ3) is 4.15. The molecular formula is C21H25ClN4O. The van der Waals surface area contributed by atoms with Crippen LogP contribution in [0.3, 0.4) is 0 Å². The molecule has 1 atom stereocenters. The van der Waals surface area contributed by atoms with Crippen LogP contribution in [-0.4, -0.2) is 40.7 Å². The zero-order valence-electron chi connectivity index (χ0n) is 15.5. The summed E-state index contributed by atoms with van der Waals surface area (Å²) in [6, 6.07) is 16.7. The molecule has 1 amide bonds. The van der Waals surface area contributed by atoms with Crippen LogP contribution in [0.2, 0.25) is 0 Å². The van der Waals surface area contributed by atoms with E-state index in [1.807, 2.05) is 42.2 Å². The van der Waals surface area contributed by atoms with Gasteiger partial charge in [-0.15, -0.1) is 12.4 Å². The molecule has 0 aliphatic carbocycles. The summed E-state index contributed by atoms with van der Waals surface area (Å²) in [6.07, 6.45) is 4.18. The SMILES string of the molecule is CN(Cc1cccc2ccccc12)C(=O)c1ccn(C2CCCNC2)n1.Cl. The fourth-order valence-corrected chi connectivity index (χ4v) is 3.67. The molecule has 1 unspecified atom stereocenters. The summed E-state index contributed by atoms with van der Waals surface area (Å²) in [5, 5.41) is 10.3. The number of carbonyl (C=O) groups is 1. The minimum Gasteiger partial charge on any atom is -0.336 e. The van der Waals surface area contributed by atoms with Gasteiger partial charge in [0.2, 0.25) is 0 Å². The van der Waals surface area contributed by atoms with E-state index in [1.54, 1.807) is 4.90 Å². The molecule has 1 aromatic heterocycles. The lowest BCUT2D eigenvalue weighted by Crippen LogP contribution is -2.32. The van der Waals surface area contributed by atoms with Crippen molar-refractivity contribution < 1.29 is 4.79 Å². The minimum absolute atomic E-state index is 0. The second-order valence-corrected chi connectivity index (χ2v) is 6.98. The summed E-state index contributed by atoms with van der Waals surface area (Å²) < 4.78 is 1.94. The Labute approximate surface area is 165 Å². The van der Waals surface area contributed by atoms with Gasteiger partial charge >= 0.3 is 0 Å². The highest BCUT2D eigenvalue weighted by atomic mass is 35.5. The Kier molecular flexibility index (Phi) is 6.14. The van der Waals surface area contributed by atoms with Crippen LogP contribution in [-0.2, 0) is 6.54 Å². The van der Waals surface area contributed by atoms with Crippen LogP contribution in [0.15, 0.2) is 54.7 Å². The highest BCUT2D eigenvalue weighted by Gasteiger charge is 2.20. The average Bonchev–Trinajstić information content (AvgIpc) is 3.18. The number of amides is 1. The first-order valence-corrected chi connectivity index (χ1v) is 9.20. The zero-order chi connectivity index (χ0) is 17.9. The van der Waals surface area contributed by atoms with Crippen LogP contribution in [0.1, 0.15) is 34.9 Å². The molecule has 1 aliphatic rings. The number of halogens is 1. The van der Waals surface area contributed by atoms with E-state index in [2.05, 4.69) is 34.7 Å². The van der Waals surface area contributed by atoms with Gasteiger partial charge in [0, 0.05) is 26.3 Å². The van der Waals surface area contributed by atoms with E-state index < -0.39 is 0 Å². The number of rotatable bonds is 4. The lowest BCUT2D eigenvalue weighted by Gasteiger charge is -2.23. The van der Waals surface area contributed by atoms with Gasteiger partial charge < -0.3 is 10.2 Å². The number of hydrogen-bond donors (Lipinski definition) is 1. The van der Waals surface area contributed by atoms with Gasteiger partial charge in [0.25, 0.3) is 5.91 Å². The molecule has 0 spiro atoms. The number of fused-ring (bicyclic) bond motifs is 1. The number of nitrogens with zero attached hydrogens (tertiary/aromatic N) is 3. The van der Waals surface area contributed by atoms with Gasteiger partial charge in [-0.1, -0.05) is 42.5 Å². The molecule has 1 aliphatic heterocycles. The Morgan fingerprint density at radius 1 is 1.22 bits per heavy atom. The number of aromatic nitrogens is 2. The summed E-state index contributed by atoms with van der Waals surface area (Å²) in [5.41, 5.74) is 1.66. The number of benzene rings is 2. The number of nitrogens with one attached hydrogen (secondary N) is 1. The first kappa shape index (κ1) is 19.4. The first-order valence-electron chi connectivity index (χ1n) is 9.20. The van der Waals surface area contributed by atoms with Crippen LogP contribution in [0.25, 0.3) is 10.8 Å². The third-order valence-electron chi connectivity index (χ3n) is 5.11. The number of carbonyl (C=O) groups excluding carboxylic acids is 1. The molecule has 2 aromatic carbocycles. The lowest BCUT2D eigenvalue weighted by atomic mass is 10.0. The fraction of sp³-hybridized carbons (Fsp3) is 0.333. The van der Waals surface area contributed by atoms with E-state index in [4.69, 9.17) is 0 Å². The maximum atomic E-state index is 12.8. The third-order valence-corrected chi connectivity index (χ3v) is 5.11. The largest absolute Gasteiger partial charge is 0.336 e. The van der Waals surface area contributed by atoms with E-state index in [9.17, 15) is 4.79 Å². The van der Waals surface area contributed by atoms with E-state index >= 15 is 0 Å². The van der Waals surface area contributed by atoms with Crippen LogP contribution >= 0.6 is 12.4 Å². The van der Waals surface area contributed by atoms with Crippen molar-refractivity contribution in [1.82, 2.24) is 20.0 Å². The van der Waals surface area contributed by atoms with Gasteiger partial charge in [0.15, 0.2) is 0 Å². The van der Waals surface area contributed by atoms with Gasteiger partial charge in [-0.2, -0.15) is 5.10 Å². The molecule has 0 bridgehead atoms. The quantitative estimate of drug-likeness (QED) is 0.746. The summed E-state index contributed by atoms with van der Waals surface area (Å²) in [4.78, 5) is 14.6. The van der Waals surface area contributed by atoms with Crippen molar-refractivity contribution in [1.29, 1.82) is 0 Å². The maximum absolute atomic E-state index is 12.8. The Morgan fingerprint density at radius 3 is 2.85 bits per heavy atom. The van der Waals surface area contributed by atoms with E-state index in [1.165, 1.54) is 10.8 Å². The molecule has 0 saturated carbocycles. The Balaban J connectivity index is 0.00000210. The Bertz CT molecular complexity index is 912. The van der Waals surface area contributed by atoms with Gasteiger partial charge in [-0.05, 0) is 41.8 Å². The molecule has 4 rings (SSSR count). The lowest BCUT2D eigenvalue weighted by molar-refractivity contribution is 0.0778. The molecule has 0 radical (unpaired) electrons. The first-order chi connectivity index (χ1) is 12.7. The smallest absolute Gasteiger partial charge is 0.274 e. The summed E-state index contributed by atoms with van der Waals surface area (Å²) in [5.74, 6) is -0.0412. The zero-order valence-corrected chi connectivity index (χ0v) is 16.3. The van der Waals surface area contributed by atoms with Gasteiger partial charge in [-0.3, -0.25) is 9.48 Å². The predicted molar refractivity (Wildman–Crippen MR) is 110 cm³/mol. The average molecular weight is 385 g/mol. The minimum atomic E-state index is -0.0412. The Morgan fingerprint density at radius 2 is 2.04 bits per heavy atom. The molecule has 1 N–H and O–H groups in total. The normalized spacial score (nSPS) is 16.7. The topological polar surface area (TPSA) is 50.2 Å². The molecule has 142 valence electrons. The van der Waals surface area contributed by atoms with Crippen LogP contribution in [0.5, 0.6) is 0 Å². The van der Waals surface area contributed by atoms with Gasteiger partial charge in [0.05, 0.1) is 6.04 Å². The molecule has 6 heteroatoms. The molecule has 2 heterocycles. The Hall–Kier alpha value is -2.37. The monoisotopic (exact) mass is 384 g/mol. The number of hydrogen-bond acceptors (Lipinski definition) is 3. The highest BCUT2D eigenvalue weighted by molar-refractivity contribution is 5.92. The van der Waals surface area contributed by atoms with E-state index in [0.29, 0.717) is 18.3 Å². The van der Waals surface area contributed by atoms with Crippen LogP contribution in [0, 0.1) is 0 Å². The van der Waals surface area contributed by atoms with Crippen molar-refractivity contribution in [3.8, 4) is 0 Å². The molecule has 27 heavy (non-hydrogen) atoms. The van der Waals surface area contributed by atoms with Crippen molar-refractivity contribution >= 4 is 29.1 Å². The summed E-state index contributed by atoms with van der Waals surface area (Å²) in [6.45, 7) is 2.55. The number of piperidine rings is 1. The predicted octanol–water partition coefficient (Wildman–Crippen LogP) is 3.65. The van der Waals surface area contributed by atoms with Crippen molar-refractivity contribution in [3.63, 3.8) is 0 Å². The maximum Gasteiger partial charge on any atom is 0.274 e. The summed E-state index contributed by atoms with van der Waals surface area (Å²) >= 11 is 0. The van der Waals surface area contributed by atoms with E-state index in [-0.39, 0.29) is 18.3 Å². The fourth-order valence-electron chi connectivity index (χ4n) is 3.67. The molecule has 3 aromatic rings. The van der Waals surface area contributed by atoms with Crippen molar-refractivity contribution in [2.45, 2.75) is 25.4 Å². The standard InChI is InChI=1S/C21H24N4O.ClH/c1-24(15-17-8-4-7-16-6-2-3-10-19(16)17)21(26)20-11-13-25(23-20)18-9-5-12-22-14-18;/h2-4,6-8,10-11,13,18,22H,5,9,12,14-15H2,1H3;1H.